The van der Waals surface area contributed by atoms with Gasteiger partial charge in [-0.2, -0.15) is 0 Å². The fourth-order valence-electron chi connectivity index (χ4n) is 2.74. The van der Waals surface area contributed by atoms with Crippen LogP contribution in [0.15, 0.2) is 18.2 Å². The molecule has 0 saturated carbocycles. The highest BCUT2D eigenvalue weighted by Crippen LogP contribution is 2.21. The monoisotopic (exact) mass is 522 g/mol. The van der Waals surface area contributed by atoms with Crippen molar-refractivity contribution in [3.63, 3.8) is 0 Å². The zero-order valence-corrected chi connectivity index (χ0v) is 22.5. The van der Waals surface area contributed by atoms with Crippen molar-refractivity contribution in [1.29, 1.82) is 0 Å². The molecule has 0 aliphatic heterocycles. The van der Waals surface area contributed by atoms with Crippen LogP contribution in [0.2, 0.25) is 0 Å². The van der Waals surface area contributed by atoms with Gasteiger partial charge in [0.25, 0.3) is 0 Å². The molecule has 0 saturated heterocycles. The summed E-state index contributed by atoms with van der Waals surface area (Å²) in [6, 6.07) is 4.30. The van der Waals surface area contributed by atoms with Crippen LogP contribution < -0.4 is 21.3 Å². The maximum absolute atomic E-state index is 12.4. The molecule has 1 rings (SSSR count). The van der Waals surface area contributed by atoms with Crippen LogP contribution in [-0.2, 0) is 23.8 Å². The first-order valence-electron chi connectivity index (χ1n) is 11.9. The van der Waals surface area contributed by atoms with E-state index in [4.69, 9.17) is 14.2 Å². The predicted octanol–water partition coefficient (Wildman–Crippen LogP) is 3.57. The molecule has 0 spiro atoms. The second-order valence-electron chi connectivity index (χ2n) is 9.97. The van der Waals surface area contributed by atoms with E-state index in [9.17, 15) is 24.0 Å². The van der Waals surface area contributed by atoms with E-state index in [-0.39, 0.29) is 49.5 Å². The Morgan fingerprint density at radius 3 is 1.46 bits per heavy atom. The Morgan fingerprint density at radius 1 is 0.703 bits per heavy atom. The van der Waals surface area contributed by atoms with Crippen LogP contribution in [0.1, 0.15) is 71.7 Å². The Labute approximate surface area is 217 Å². The van der Waals surface area contributed by atoms with E-state index in [2.05, 4.69) is 21.3 Å². The van der Waals surface area contributed by atoms with Gasteiger partial charge >= 0.3 is 18.2 Å². The van der Waals surface area contributed by atoms with Gasteiger partial charge in [-0.1, -0.05) is 0 Å². The largest absolute Gasteiger partial charge is 0.462 e. The number of hydrogen-bond acceptors (Lipinski definition) is 8. The number of amides is 4. The topological polar surface area (TPSA) is 161 Å². The first-order valence-corrected chi connectivity index (χ1v) is 11.9. The lowest BCUT2D eigenvalue weighted by molar-refractivity contribution is -0.116. The Morgan fingerprint density at radius 2 is 1.11 bits per heavy atom. The molecular formula is C25H38N4O8. The number of hydrogen-bond donors (Lipinski definition) is 4. The van der Waals surface area contributed by atoms with Gasteiger partial charge in [-0.3, -0.25) is 9.59 Å². The number of benzene rings is 1. The Hall–Kier alpha value is -3.83. The van der Waals surface area contributed by atoms with E-state index in [0.29, 0.717) is 0 Å². The number of anilines is 2. The van der Waals surface area contributed by atoms with E-state index in [1.807, 2.05) is 0 Å². The van der Waals surface area contributed by atoms with Crippen molar-refractivity contribution in [1.82, 2.24) is 10.6 Å². The predicted molar refractivity (Wildman–Crippen MR) is 137 cm³/mol. The molecule has 4 N–H and O–H groups in total. The van der Waals surface area contributed by atoms with E-state index in [1.54, 1.807) is 48.5 Å². The highest BCUT2D eigenvalue weighted by molar-refractivity contribution is 5.98. The molecule has 1 aromatic rings. The number of carbonyl (C=O) groups excluding carboxylic acids is 5. The zero-order chi connectivity index (χ0) is 28.2. The lowest BCUT2D eigenvalue weighted by atomic mass is 10.1. The number of carbonyl (C=O) groups is 5. The quantitative estimate of drug-likeness (QED) is 0.268. The van der Waals surface area contributed by atoms with Crippen LogP contribution in [0.4, 0.5) is 21.0 Å². The average Bonchev–Trinajstić information content (AvgIpc) is 2.71. The summed E-state index contributed by atoms with van der Waals surface area (Å²) in [5, 5.41) is 10.2. The third-order valence-electron chi connectivity index (χ3n) is 4.05. The number of rotatable bonds is 10. The fraction of sp³-hybridized carbons (Fsp3) is 0.560. The molecule has 0 bridgehead atoms. The highest BCUT2D eigenvalue weighted by Gasteiger charge is 2.18. The van der Waals surface area contributed by atoms with Gasteiger partial charge < -0.3 is 35.5 Å². The number of ether oxygens (including phenoxy) is 3. The molecule has 206 valence electrons. The van der Waals surface area contributed by atoms with E-state index < -0.39 is 41.2 Å². The molecule has 0 radical (unpaired) electrons. The summed E-state index contributed by atoms with van der Waals surface area (Å²) < 4.78 is 15.3. The third kappa shape index (κ3) is 14.4. The molecule has 12 nitrogen and oxygen atoms in total. The van der Waals surface area contributed by atoms with Gasteiger partial charge in [0, 0.05) is 37.3 Å². The van der Waals surface area contributed by atoms with E-state index >= 15 is 0 Å². The summed E-state index contributed by atoms with van der Waals surface area (Å²) in [6.45, 7) is 12.2. The molecule has 0 unspecified atom stereocenters. The van der Waals surface area contributed by atoms with Crippen LogP contribution in [0, 0.1) is 0 Å². The first kappa shape index (κ1) is 31.2. The van der Waals surface area contributed by atoms with Crippen LogP contribution in [0.3, 0.4) is 0 Å². The standard InChI is InChI=1S/C25H38N4O8/c1-8-35-21(32)16-13-17(28-19(30)9-11-26-22(33)36-24(2,3)4)15-18(14-16)29-20(31)10-12-27-23(34)37-25(5,6)7/h13-15H,8-12H2,1-7H3,(H,26,33)(H,27,34)(H,28,30)(H,29,31). The maximum Gasteiger partial charge on any atom is 0.407 e. The smallest absolute Gasteiger partial charge is 0.407 e. The minimum atomic E-state index is -0.660. The van der Waals surface area contributed by atoms with Crippen LogP contribution in [0.5, 0.6) is 0 Å². The molecule has 0 aliphatic carbocycles. The molecule has 0 aromatic heterocycles. The van der Waals surface area contributed by atoms with Crippen molar-refractivity contribution in [3.05, 3.63) is 23.8 Å². The van der Waals surface area contributed by atoms with E-state index in [0.717, 1.165) is 0 Å². The molecular weight excluding hydrogens is 484 g/mol. The minimum absolute atomic E-state index is 0.0343. The molecule has 0 aliphatic rings. The molecule has 4 amide bonds. The zero-order valence-electron chi connectivity index (χ0n) is 22.5. The number of alkyl carbamates (subject to hydrolysis) is 2. The number of esters is 1. The van der Waals surface area contributed by atoms with Crippen molar-refractivity contribution < 1.29 is 38.2 Å². The van der Waals surface area contributed by atoms with Gasteiger partial charge in [0.1, 0.15) is 11.2 Å². The first-order chi connectivity index (χ1) is 17.1. The Bertz CT molecular complexity index is 914. The summed E-state index contributed by atoms with van der Waals surface area (Å²) in [6.07, 6.45) is -1.39. The van der Waals surface area contributed by atoms with Crippen molar-refractivity contribution >= 4 is 41.3 Å². The van der Waals surface area contributed by atoms with Gasteiger partial charge in [0.15, 0.2) is 0 Å². The molecule has 1 aromatic carbocycles. The number of nitrogens with one attached hydrogen (secondary N) is 4. The van der Waals surface area contributed by atoms with Crippen molar-refractivity contribution in [3.8, 4) is 0 Å². The van der Waals surface area contributed by atoms with Crippen LogP contribution >= 0.6 is 0 Å². The lowest BCUT2D eigenvalue weighted by Gasteiger charge is -2.19. The van der Waals surface area contributed by atoms with Crippen molar-refractivity contribution in [2.45, 2.75) is 72.5 Å². The third-order valence-corrected chi connectivity index (χ3v) is 4.05. The second-order valence-corrected chi connectivity index (χ2v) is 9.97. The summed E-state index contributed by atoms with van der Waals surface area (Å²) in [7, 11) is 0. The SMILES string of the molecule is CCOC(=O)c1cc(NC(=O)CCNC(=O)OC(C)(C)C)cc(NC(=O)CCNC(=O)OC(C)(C)C)c1. The van der Waals surface area contributed by atoms with Gasteiger partial charge in [0.05, 0.1) is 12.2 Å². The van der Waals surface area contributed by atoms with Crippen LogP contribution in [0.25, 0.3) is 0 Å². The van der Waals surface area contributed by atoms with Crippen molar-refractivity contribution in [2.24, 2.45) is 0 Å². The summed E-state index contributed by atoms with van der Waals surface area (Å²) in [4.78, 5) is 60.4. The molecule has 0 atom stereocenters. The average molecular weight is 523 g/mol. The summed E-state index contributed by atoms with van der Waals surface area (Å²) in [5.41, 5.74) is -0.710. The summed E-state index contributed by atoms with van der Waals surface area (Å²) in [5.74, 6) is -1.50. The maximum atomic E-state index is 12.4. The second kappa shape index (κ2) is 14.0. The lowest BCUT2D eigenvalue weighted by Crippen LogP contribution is -2.34. The molecule has 0 heterocycles. The van der Waals surface area contributed by atoms with Gasteiger partial charge in [0.2, 0.25) is 11.8 Å². The highest BCUT2D eigenvalue weighted by atomic mass is 16.6. The van der Waals surface area contributed by atoms with Gasteiger partial charge in [-0.05, 0) is 66.7 Å². The molecule has 37 heavy (non-hydrogen) atoms. The van der Waals surface area contributed by atoms with Crippen molar-refractivity contribution in [2.75, 3.05) is 30.3 Å². The fourth-order valence-corrected chi connectivity index (χ4v) is 2.74. The normalized spacial score (nSPS) is 11.1. The Kier molecular flexibility index (Phi) is 11.8. The molecule has 0 fully saturated rings. The van der Waals surface area contributed by atoms with Gasteiger partial charge in [-0.25, -0.2) is 14.4 Å². The minimum Gasteiger partial charge on any atom is -0.462 e. The molecule has 12 heteroatoms. The van der Waals surface area contributed by atoms with Crippen LogP contribution in [-0.4, -0.2) is 60.9 Å². The van der Waals surface area contributed by atoms with E-state index in [1.165, 1.54) is 18.2 Å². The van der Waals surface area contributed by atoms with Gasteiger partial charge in [-0.15, -0.1) is 0 Å². The Balaban J connectivity index is 2.77. The summed E-state index contributed by atoms with van der Waals surface area (Å²) >= 11 is 0.